The summed E-state index contributed by atoms with van der Waals surface area (Å²) in [5.41, 5.74) is 0.104. The van der Waals surface area contributed by atoms with Crippen LogP contribution in [0.25, 0.3) is 11.2 Å². The van der Waals surface area contributed by atoms with E-state index >= 15 is 0 Å². The van der Waals surface area contributed by atoms with E-state index in [4.69, 9.17) is 20.1 Å². The summed E-state index contributed by atoms with van der Waals surface area (Å²) in [5.74, 6) is 0. The van der Waals surface area contributed by atoms with Gasteiger partial charge in [-0.05, 0) is 19.3 Å². The molecule has 0 aliphatic carbocycles. The molecule has 140 valence electrons. The van der Waals surface area contributed by atoms with Crippen molar-refractivity contribution in [3.8, 4) is 0 Å². The van der Waals surface area contributed by atoms with E-state index in [1.165, 1.54) is 21.8 Å². The molecule has 0 bridgehead atoms. The molecule has 10 nitrogen and oxygen atoms in total. The maximum Gasteiger partial charge on any atom is 0.281 e. The number of aliphatic hydroxyl groups excluding tert-OH is 4. The van der Waals surface area contributed by atoms with Crippen molar-refractivity contribution < 1.29 is 25.2 Å². The van der Waals surface area contributed by atoms with Crippen LogP contribution in [0.15, 0.2) is 17.4 Å². The first kappa shape index (κ1) is 19.5. The van der Waals surface area contributed by atoms with Gasteiger partial charge in [0, 0.05) is 13.2 Å². The zero-order chi connectivity index (χ0) is 18.2. The highest BCUT2D eigenvalue weighted by Crippen LogP contribution is 2.16. The first-order chi connectivity index (χ1) is 12.2. The van der Waals surface area contributed by atoms with E-state index in [-0.39, 0.29) is 23.3 Å². The van der Waals surface area contributed by atoms with Crippen LogP contribution >= 0.6 is 0 Å². The Balaban J connectivity index is 2.23. The van der Waals surface area contributed by atoms with Crippen molar-refractivity contribution in [3.05, 3.63) is 23.0 Å². The maximum atomic E-state index is 12.5. The minimum absolute atomic E-state index is 0.127. The highest BCUT2D eigenvalue weighted by Gasteiger charge is 2.20. The molecule has 0 aliphatic rings. The Morgan fingerprint density at radius 1 is 1.00 bits per heavy atom. The van der Waals surface area contributed by atoms with Crippen LogP contribution < -0.4 is 5.56 Å². The fourth-order valence-electron chi connectivity index (χ4n) is 2.45. The third kappa shape index (κ3) is 4.61. The number of imidazole rings is 1. The van der Waals surface area contributed by atoms with Crippen LogP contribution in [0.4, 0.5) is 0 Å². The molecule has 4 N–H and O–H groups in total. The van der Waals surface area contributed by atoms with E-state index in [1.54, 1.807) is 0 Å². The number of hydrogen-bond donors (Lipinski definition) is 4. The lowest BCUT2D eigenvalue weighted by Gasteiger charge is -2.22. The normalized spacial score (nSPS) is 13.0. The second-order valence-corrected chi connectivity index (χ2v) is 5.61. The highest BCUT2D eigenvalue weighted by atomic mass is 16.5. The fraction of sp³-hybridized carbons (Fsp3) is 0.667. The van der Waals surface area contributed by atoms with Crippen LogP contribution in [0, 0.1) is 0 Å². The zero-order valence-electron chi connectivity index (χ0n) is 13.9. The molecule has 0 fully saturated rings. The highest BCUT2D eigenvalue weighted by molar-refractivity contribution is 5.69. The Morgan fingerprint density at radius 3 is 2.40 bits per heavy atom. The number of rotatable bonds is 11. The summed E-state index contributed by atoms with van der Waals surface area (Å²) in [5, 5.41) is 36.5. The molecule has 2 heterocycles. The Labute approximate surface area is 144 Å². The summed E-state index contributed by atoms with van der Waals surface area (Å²) in [4.78, 5) is 20.8. The average Bonchev–Trinajstić information content (AvgIpc) is 3.06. The molecule has 25 heavy (non-hydrogen) atoms. The minimum Gasteiger partial charge on any atom is -0.396 e. The van der Waals surface area contributed by atoms with Gasteiger partial charge in [-0.1, -0.05) is 0 Å². The number of unbranched alkanes of at least 4 members (excludes halogenated alkanes) is 2. The van der Waals surface area contributed by atoms with Gasteiger partial charge >= 0.3 is 0 Å². The summed E-state index contributed by atoms with van der Waals surface area (Å²) < 4.78 is 8.26. The van der Waals surface area contributed by atoms with Crippen LogP contribution in [-0.2, 0) is 11.3 Å². The molecule has 2 aromatic rings. The molecule has 0 unspecified atom stereocenters. The first-order valence-electron chi connectivity index (χ1n) is 8.17. The lowest BCUT2D eigenvalue weighted by atomic mass is 10.2. The van der Waals surface area contributed by atoms with E-state index < -0.39 is 32.2 Å². The summed E-state index contributed by atoms with van der Waals surface area (Å²) in [6, 6.07) is 0. The second kappa shape index (κ2) is 9.59. The van der Waals surface area contributed by atoms with Gasteiger partial charge in [0.25, 0.3) is 5.56 Å². The smallest absolute Gasteiger partial charge is 0.281 e. The van der Waals surface area contributed by atoms with Gasteiger partial charge < -0.3 is 25.2 Å². The average molecular weight is 356 g/mol. The van der Waals surface area contributed by atoms with Gasteiger partial charge in [0.1, 0.15) is 12.4 Å². The van der Waals surface area contributed by atoms with Crippen LogP contribution in [0.1, 0.15) is 25.5 Å². The summed E-state index contributed by atoms with van der Waals surface area (Å²) >= 11 is 0. The quantitative estimate of drug-likeness (QED) is 0.361. The van der Waals surface area contributed by atoms with E-state index in [0.29, 0.717) is 13.0 Å². The van der Waals surface area contributed by atoms with Gasteiger partial charge in [0.2, 0.25) is 0 Å². The van der Waals surface area contributed by atoms with Gasteiger partial charge in [0.05, 0.1) is 26.1 Å². The SMILES string of the molecule is O=c1c2ncn([C@@H](CO)OC(CO)CO)c2ncn1CCCCCO. The molecule has 0 saturated heterocycles. The second-order valence-electron chi connectivity index (χ2n) is 5.61. The summed E-state index contributed by atoms with van der Waals surface area (Å²) in [6.07, 6.45) is 3.19. The minimum atomic E-state index is -0.929. The van der Waals surface area contributed by atoms with Crippen molar-refractivity contribution in [2.24, 2.45) is 0 Å². The van der Waals surface area contributed by atoms with Crippen molar-refractivity contribution in [1.29, 1.82) is 0 Å². The summed E-state index contributed by atoms with van der Waals surface area (Å²) in [6.45, 7) is -0.650. The maximum absolute atomic E-state index is 12.5. The van der Waals surface area contributed by atoms with Gasteiger partial charge in [0.15, 0.2) is 17.4 Å². The molecular weight excluding hydrogens is 332 g/mol. The number of aliphatic hydroxyl groups is 4. The van der Waals surface area contributed by atoms with E-state index in [2.05, 4.69) is 9.97 Å². The third-order valence-electron chi connectivity index (χ3n) is 3.83. The number of hydrogen-bond acceptors (Lipinski definition) is 8. The molecule has 0 aromatic carbocycles. The molecule has 0 aliphatic heterocycles. The van der Waals surface area contributed by atoms with E-state index in [1.807, 2.05) is 0 Å². The number of fused-ring (bicyclic) bond motifs is 1. The lowest BCUT2D eigenvalue weighted by Crippen LogP contribution is -2.29. The molecule has 10 heteroatoms. The van der Waals surface area contributed by atoms with Crippen LogP contribution in [0.5, 0.6) is 0 Å². The standard InChI is InChI=1S/C15H24N4O6/c20-5-3-1-2-4-18-9-17-14-13(15(18)24)16-10-19(14)12(8-23)25-11(6-21)7-22/h9-12,20-23H,1-8H2/t12-/m1/s1. The largest absolute Gasteiger partial charge is 0.396 e. The molecule has 1 atom stereocenters. The van der Waals surface area contributed by atoms with Crippen LogP contribution in [0.2, 0.25) is 0 Å². The van der Waals surface area contributed by atoms with Crippen molar-refractivity contribution >= 4 is 11.2 Å². The predicted molar refractivity (Wildman–Crippen MR) is 87.9 cm³/mol. The van der Waals surface area contributed by atoms with E-state index in [9.17, 15) is 9.90 Å². The molecule has 2 rings (SSSR count). The van der Waals surface area contributed by atoms with E-state index in [0.717, 1.165) is 12.8 Å². The topological polar surface area (TPSA) is 143 Å². The van der Waals surface area contributed by atoms with Crippen LogP contribution in [-0.4, -0.2) is 72.1 Å². The Bertz CT molecular complexity index is 712. The lowest BCUT2D eigenvalue weighted by molar-refractivity contribution is -0.110. The molecule has 0 amide bonds. The fourth-order valence-corrected chi connectivity index (χ4v) is 2.45. The van der Waals surface area contributed by atoms with Gasteiger partial charge in [-0.25, -0.2) is 9.97 Å². The number of aryl methyl sites for hydroxylation is 1. The molecule has 0 radical (unpaired) electrons. The Hall–Kier alpha value is -1.85. The van der Waals surface area contributed by atoms with Crippen molar-refractivity contribution in [1.82, 2.24) is 19.1 Å². The van der Waals surface area contributed by atoms with Gasteiger partial charge in [-0.15, -0.1) is 0 Å². The van der Waals surface area contributed by atoms with Crippen LogP contribution in [0.3, 0.4) is 0 Å². The monoisotopic (exact) mass is 356 g/mol. The summed E-state index contributed by atoms with van der Waals surface area (Å²) in [7, 11) is 0. The Kier molecular flexibility index (Phi) is 7.47. The molecular formula is C15H24N4O6. The van der Waals surface area contributed by atoms with Crippen molar-refractivity contribution in [2.75, 3.05) is 26.4 Å². The number of nitrogens with zero attached hydrogens (tertiary/aromatic N) is 4. The van der Waals surface area contributed by atoms with Gasteiger partial charge in [-0.2, -0.15) is 0 Å². The van der Waals surface area contributed by atoms with Crippen molar-refractivity contribution in [2.45, 2.75) is 38.1 Å². The first-order valence-corrected chi connectivity index (χ1v) is 8.17. The predicted octanol–water partition coefficient (Wildman–Crippen LogP) is -1.38. The third-order valence-corrected chi connectivity index (χ3v) is 3.83. The number of aromatic nitrogens is 4. The van der Waals surface area contributed by atoms with Gasteiger partial charge in [-0.3, -0.25) is 13.9 Å². The molecule has 0 saturated carbocycles. The molecule has 2 aromatic heterocycles. The Morgan fingerprint density at radius 2 is 1.76 bits per heavy atom. The number of ether oxygens (including phenoxy) is 1. The zero-order valence-corrected chi connectivity index (χ0v) is 13.9. The molecule has 0 spiro atoms. The van der Waals surface area contributed by atoms with Crippen molar-refractivity contribution in [3.63, 3.8) is 0 Å².